The second-order valence-electron chi connectivity index (χ2n) is 19.9. The van der Waals surface area contributed by atoms with Crippen LogP contribution in [0.4, 0.5) is 34.1 Å². The minimum atomic E-state index is -0.0275. The Kier molecular flexibility index (Phi) is 8.08. The zero-order chi connectivity index (χ0) is 48.2. The Balaban J connectivity index is 0.866. The van der Waals surface area contributed by atoms with Gasteiger partial charge in [0.1, 0.15) is 23.0 Å². The summed E-state index contributed by atoms with van der Waals surface area (Å²) >= 11 is 0. The third kappa shape index (κ3) is 5.35. The summed E-state index contributed by atoms with van der Waals surface area (Å²) in [4.78, 5) is 4.61. The lowest BCUT2D eigenvalue weighted by molar-refractivity contribution is 0.487. The first-order chi connectivity index (χ1) is 36.7. The molecular formula is C66H40B2N4O2. The number of anilines is 6. The molecule has 8 heteroatoms. The van der Waals surface area contributed by atoms with E-state index in [0.29, 0.717) is 0 Å². The van der Waals surface area contributed by atoms with Gasteiger partial charge in [0, 0.05) is 90.2 Å². The first-order valence-corrected chi connectivity index (χ1v) is 25.5. The fraction of sp³-hybridized carbons (Fsp3) is 0. The Morgan fingerprint density at radius 2 is 0.730 bits per heavy atom. The van der Waals surface area contributed by atoms with Crippen molar-refractivity contribution in [1.82, 2.24) is 9.13 Å². The van der Waals surface area contributed by atoms with Crippen LogP contribution < -0.4 is 52.1 Å². The number of rotatable bonds is 6. The van der Waals surface area contributed by atoms with Crippen molar-refractivity contribution < 1.29 is 9.47 Å². The summed E-state index contributed by atoms with van der Waals surface area (Å²) in [5.41, 5.74) is 21.0. The molecule has 6 nitrogen and oxygen atoms in total. The molecule has 0 amide bonds. The smallest absolute Gasteiger partial charge is 0.256 e. The number of ether oxygens (including phenoxy) is 2. The van der Waals surface area contributed by atoms with Gasteiger partial charge in [0.05, 0.1) is 11.0 Å². The predicted molar refractivity (Wildman–Crippen MR) is 307 cm³/mol. The van der Waals surface area contributed by atoms with E-state index in [1.54, 1.807) is 0 Å². The molecule has 74 heavy (non-hydrogen) atoms. The summed E-state index contributed by atoms with van der Waals surface area (Å²) in [6, 6.07) is 87.7. The Hall–Kier alpha value is -9.65. The van der Waals surface area contributed by atoms with Crippen molar-refractivity contribution in [2.24, 2.45) is 0 Å². The van der Waals surface area contributed by atoms with Gasteiger partial charge in [-0.15, -0.1) is 0 Å². The van der Waals surface area contributed by atoms with Gasteiger partial charge in [-0.1, -0.05) is 140 Å². The lowest BCUT2D eigenvalue weighted by Gasteiger charge is -2.34. The van der Waals surface area contributed by atoms with E-state index in [4.69, 9.17) is 9.47 Å². The van der Waals surface area contributed by atoms with Crippen LogP contribution in [0.25, 0.3) is 55.0 Å². The monoisotopic (exact) mass is 942 g/mol. The summed E-state index contributed by atoms with van der Waals surface area (Å²) in [6.45, 7) is -0.0482. The number of para-hydroxylation sites is 6. The van der Waals surface area contributed by atoms with Crippen molar-refractivity contribution in [2.45, 2.75) is 0 Å². The van der Waals surface area contributed by atoms with E-state index in [9.17, 15) is 0 Å². The molecule has 0 radical (unpaired) electrons. The average molecular weight is 943 g/mol. The molecule has 4 aliphatic heterocycles. The van der Waals surface area contributed by atoms with Gasteiger partial charge in [-0.05, 0) is 124 Å². The number of hydrogen-bond acceptors (Lipinski definition) is 4. The normalized spacial score (nSPS) is 13.0. The zero-order valence-electron chi connectivity index (χ0n) is 39.9. The van der Waals surface area contributed by atoms with Gasteiger partial charge in [0.15, 0.2) is 0 Å². The Morgan fingerprint density at radius 3 is 1.23 bits per heavy atom. The van der Waals surface area contributed by atoms with E-state index in [0.717, 1.165) is 68.5 Å². The van der Waals surface area contributed by atoms with Gasteiger partial charge >= 0.3 is 0 Å². The Morgan fingerprint density at radius 1 is 0.297 bits per heavy atom. The minimum Gasteiger partial charge on any atom is -0.458 e. The molecule has 4 aliphatic rings. The number of hydrogen-bond donors (Lipinski definition) is 0. The summed E-state index contributed by atoms with van der Waals surface area (Å²) in [7, 11) is 0. The van der Waals surface area contributed by atoms with Crippen LogP contribution in [0.2, 0.25) is 0 Å². The molecule has 11 aromatic carbocycles. The third-order valence-electron chi connectivity index (χ3n) is 16.2. The van der Waals surface area contributed by atoms with Crippen molar-refractivity contribution in [2.75, 3.05) is 9.80 Å². The van der Waals surface area contributed by atoms with Gasteiger partial charge in [-0.3, -0.25) is 0 Å². The molecule has 17 rings (SSSR count). The maximum atomic E-state index is 7.11. The number of benzene rings is 11. The summed E-state index contributed by atoms with van der Waals surface area (Å²) in [5, 5.41) is 4.98. The first-order valence-electron chi connectivity index (χ1n) is 25.5. The quantitative estimate of drug-likeness (QED) is 0.156. The molecule has 342 valence electrons. The molecule has 6 heterocycles. The molecule has 0 atom stereocenters. The van der Waals surface area contributed by atoms with Crippen LogP contribution in [0.5, 0.6) is 23.0 Å². The zero-order valence-corrected chi connectivity index (χ0v) is 39.9. The lowest BCUT2D eigenvalue weighted by Crippen LogP contribution is -2.58. The average Bonchev–Trinajstić information content (AvgIpc) is 3.99. The molecule has 0 saturated carbocycles. The van der Waals surface area contributed by atoms with E-state index < -0.39 is 0 Å². The van der Waals surface area contributed by atoms with Crippen LogP contribution in [0.15, 0.2) is 243 Å². The molecule has 13 aromatic rings. The summed E-state index contributed by atoms with van der Waals surface area (Å²) < 4.78 is 19.3. The van der Waals surface area contributed by atoms with Gasteiger partial charge in [-0.2, -0.15) is 0 Å². The largest absolute Gasteiger partial charge is 0.458 e. The molecule has 0 N–H and O–H groups in total. The van der Waals surface area contributed by atoms with Gasteiger partial charge in [0.25, 0.3) is 13.4 Å². The fourth-order valence-electron chi connectivity index (χ4n) is 13.3. The summed E-state index contributed by atoms with van der Waals surface area (Å²) in [5.74, 6) is 3.54. The third-order valence-corrected chi connectivity index (χ3v) is 16.2. The van der Waals surface area contributed by atoms with Crippen molar-refractivity contribution in [3.8, 4) is 34.4 Å². The van der Waals surface area contributed by atoms with Crippen molar-refractivity contribution in [3.05, 3.63) is 243 Å². The molecule has 0 fully saturated rings. The number of fused-ring (bicyclic) bond motifs is 15. The number of nitrogens with zero attached hydrogens (tertiary/aromatic N) is 4. The highest BCUT2D eigenvalue weighted by atomic mass is 16.5. The number of aromatic nitrogens is 2. The maximum absolute atomic E-state index is 7.11. The van der Waals surface area contributed by atoms with Crippen LogP contribution in [0.3, 0.4) is 0 Å². The second kappa shape index (κ2) is 14.9. The highest BCUT2D eigenvalue weighted by Gasteiger charge is 2.43. The van der Waals surface area contributed by atoms with E-state index >= 15 is 0 Å². The molecule has 0 saturated heterocycles. The van der Waals surface area contributed by atoms with Crippen molar-refractivity contribution in [3.63, 3.8) is 0 Å². The second-order valence-corrected chi connectivity index (χ2v) is 19.9. The fourth-order valence-corrected chi connectivity index (χ4v) is 13.3. The van der Waals surface area contributed by atoms with Crippen LogP contribution in [-0.2, 0) is 0 Å². The molecule has 0 spiro atoms. The molecule has 0 bridgehead atoms. The van der Waals surface area contributed by atoms with E-state index in [1.807, 2.05) is 0 Å². The summed E-state index contributed by atoms with van der Waals surface area (Å²) in [6.07, 6.45) is 0. The van der Waals surface area contributed by atoms with Crippen LogP contribution in [-0.4, -0.2) is 22.6 Å². The van der Waals surface area contributed by atoms with E-state index in [2.05, 4.69) is 262 Å². The lowest BCUT2D eigenvalue weighted by atomic mass is 9.34. The first kappa shape index (κ1) is 40.0. The predicted octanol–water partition coefficient (Wildman–Crippen LogP) is 12.7. The van der Waals surface area contributed by atoms with Crippen LogP contribution in [0.1, 0.15) is 0 Å². The SMILES string of the molecule is c1ccc(N(c2ccccc2)c2ccc3c(c2)Oc2cccc4c2B3c2cccc3c5c(ccc6c7cccc8c7n(c65)-c5cccc6c5B8c5ccc(N(c7ccccc7)c7ccccc7)cc5O6)n-4c23)cc1. The van der Waals surface area contributed by atoms with Crippen LogP contribution >= 0.6 is 0 Å². The highest BCUT2D eigenvalue weighted by molar-refractivity contribution is 7.00. The highest BCUT2D eigenvalue weighted by Crippen LogP contribution is 2.46. The Bertz CT molecular complexity index is 4440. The standard InChI is InChI=1S/C66H40B2N4O2/c1-5-17-41(18-6-1)69(42-19-7-2-8-20-42)45-33-36-50-59(39-45)74-58-32-16-30-56-63(58)67(50)52-27-13-25-47-48-35-38-54-61(66(48)72(56)64(47)52)49-26-14-28-53-65(49)71(54)55-29-15-31-57-62(55)68(53)51-37-34-46(40-60(51)73-57)70(43-21-9-3-10-22-43)44-23-11-4-12-24-44/h1-40H. The van der Waals surface area contributed by atoms with Crippen LogP contribution in [0, 0.1) is 0 Å². The van der Waals surface area contributed by atoms with Crippen molar-refractivity contribution in [1.29, 1.82) is 0 Å². The van der Waals surface area contributed by atoms with Gasteiger partial charge in [-0.25, -0.2) is 0 Å². The van der Waals surface area contributed by atoms with Gasteiger partial charge < -0.3 is 28.4 Å². The van der Waals surface area contributed by atoms with Gasteiger partial charge in [0.2, 0.25) is 0 Å². The molecule has 2 aromatic heterocycles. The van der Waals surface area contributed by atoms with E-state index in [1.165, 1.54) is 76.4 Å². The minimum absolute atomic E-state index is 0.0207. The molecule has 0 unspecified atom stereocenters. The Labute approximate surface area is 427 Å². The van der Waals surface area contributed by atoms with Crippen molar-refractivity contribution >= 4 is 124 Å². The molecular weight excluding hydrogens is 902 g/mol. The topological polar surface area (TPSA) is 34.8 Å². The van der Waals surface area contributed by atoms with E-state index in [-0.39, 0.29) is 13.4 Å². The molecule has 0 aliphatic carbocycles. The maximum Gasteiger partial charge on any atom is 0.256 e.